The van der Waals surface area contributed by atoms with Crippen molar-refractivity contribution in [2.75, 3.05) is 6.54 Å². The number of aromatic amines is 1. The second-order valence-electron chi connectivity index (χ2n) is 6.82. The van der Waals surface area contributed by atoms with Crippen molar-refractivity contribution in [2.45, 2.75) is 19.3 Å². The summed E-state index contributed by atoms with van der Waals surface area (Å²) in [6, 6.07) is 18.7. The lowest BCUT2D eigenvalue weighted by molar-refractivity contribution is -0.122. The Morgan fingerprint density at radius 3 is 2.62 bits per heavy atom. The number of hydrogen-bond donors (Lipinski definition) is 2. The van der Waals surface area contributed by atoms with Crippen LogP contribution in [0.3, 0.4) is 0 Å². The van der Waals surface area contributed by atoms with Gasteiger partial charge in [-0.2, -0.15) is 0 Å². The lowest BCUT2D eigenvalue weighted by Gasteiger charge is -2.18. The lowest BCUT2D eigenvalue weighted by Crippen LogP contribution is -2.30. The third-order valence-corrected chi connectivity index (χ3v) is 5.13. The average molecular weight is 318 g/mol. The number of para-hydroxylation sites is 1. The topological polar surface area (TPSA) is 44.9 Å². The van der Waals surface area contributed by atoms with Crippen molar-refractivity contribution < 1.29 is 4.79 Å². The molecule has 1 heterocycles. The molecular formula is C21H22N2O. The molecule has 0 spiro atoms. The van der Waals surface area contributed by atoms with Gasteiger partial charge in [0, 0.05) is 35.5 Å². The molecule has 3 atom stereocenters. The fraction of sp³-hybridized carbons (Fsp3) is 0.286. The van der Waals surface area contributed by atoms with Gasteiger partial charge in [-0.15, -0.1) is 0 Å². The van der Waals surface area contributed by atoms with Gasteiger partial charge in [0.2, 0.25) is 5.91 Å². The van der Waals surface area contributed by atoms with E-state index in [0.717, 1.165) is 11.9 Å². The molecule has 1 aliphatic rings. The van der Waals surface area contributed by atoms with Crippen LogP contribution in [-0.4, -0.2) is 17.4 Å². The summed E-state index contributed by atoms with van der Waals surface area (Å²) in [7, 11) is 0. The van der Waals surface area contributed by atoms with Crippen LogP contribution in [-0.2, 0) is 4.79 Å². The Morgan fingerprint density at radius 2 is 1.88 bits per heavy atom. The summed E-state index contributed by atoms with van der Waals surface area (Å²) in [4.78, 5) is 15.6. The van der Waals surface area contributed by atoms with Crippen LogP contribution in [0.2, 0.25) is 0 Å². The third-order valence-electron chi connectivity index (χ3n) is 5.13. The van der Waals surface area contributed by atoms with Gasteiger partial charge in [0.05, 0.1) is 0 Å². The predicted octanol–water partition coefficient (Wildman–Crippen LogP) is 4.07. The SMILES string of the molecule is CC1CC1C(=O)NCC(c1ccccc1)c1c[nH]c2ccccc12. The van der Waals surface area contributed by atoms with Crippen molar-refractivity contribution in [3.8, 4) is 0 Å². The Hall–Kier alpha value is -2.55. The second kappa shape index (κ2) is 6.16. The maximum absolute atomic E-state index is 12.3. The van der Waals surface area contributed by atoms with Gasteiger partial charge >= 0.3 is 0 Å². The smallest absolute Gasteiger partial charge is 0.223 e. The first-order valence-corrected chi connectivity index (χ1v) is 8.62. The molecule has 1 aromatic heterocycles. The molecule has 4 rings (SSSR count). The standard InChI is InChI=1S/C21H22N2O/c1-14-11-17(14)21(24)23-12-18(15-7-3-2-4-8-15)19-13-22-20-10-6-5-9-16(19)20/h2-10,13-14,17-18,22H,11-12H2,1H3,(H,23,24). The number of aromatic nitrogens is 1. The normalized spacial score (nSPS) is 20.7. The molecule has 0 radical (unpaired) electrons. The van der Waals surface area contributed by atoms with Crippen LogP contribution < -0.4 is 5.32 Å². The molecule has 3 heteroatoms. The molecule has 3 aromatic rings. The highest BCUT2D eigenvalue weighted by molar-refractivity contribution is 5.85. The van der Waals surface area contributed by atoms with Crippen LogP contribution >= 0.6 is 0 Å². The number of carbonyl (C=O) groups excluding carboxylic acids is 1. The van der Waals surface area contributed by atoms with Gasteiger partial charge in [-0.25, -0.2) is 0 Å². The van der Waals surface area contributed by atoms with Gasteiger partial charge in [0.25, 0.3) is 0 Å². The highest BCUT2D eigenvalue weighted by atomic mass is 16.2. The zero-order valence-corrected chi connectivity index (χ0v) is 13.8. The van der Waals surface area contributed by atoms with E-state index in [4.69, 9.17) is 0 Å². The molecule has 3 unspecified atom stereocenters. The van der Waals surface area contributed by atoms with E-state index >= 15 is 0 Å². The molecule has 1 saturated carbocycles. The first kappa shape index (κ1) is 15.0. The molecule has 122 valence electrons. The third kappa shape index (κ3) is 2.82. The summed E-state index contributed by atoms with van der Waals surface area (Å²) >= 11 is 0. The molecule has 1 fully saturated rings. The maximum atomic E-state index is 12.3. The van der Waals surface area contributed by atoms with E-state index in [1.54, 1.807) is 0 Å². The molecule has 0 bridgehead atoms. The van der Waals surface area contributed by atoms with Gasteiger partial charge in [-0.3, -0.25) is 4.79 Å². The fourth-order valence-electron chi connectivity index (χ4n) is 3.50. The minimum absolute atomic E-state index is 0.153. The molecule has 2 aromatic carbocycles. The van der Waals surface area contributed by atoms with E-state index in [1.807, 2.05) is 12.1 Å². The van der Waals surface area contributed by atoms with Crippen molar-refractivity contribution in [3.05, 3.63) is 71.9 Å². The minimum Gasteiger partial charge on any atom is -0.361 e. The van der Waals surface area contributed by atoms with E-state index in [2.05, 4.69) is 65.9 Å². The molecule has 0 aliphatic heterocycles. The van der Waals surface area contributed by atoms with Crippen molar-refractivity contribution in [1.82, 2.24) is 10.3 Å². The van der Waals surface area contributed by atoms with Gasteiger partial charge in [-0.1, -0.05) is 55.5 Å². The second-order valence-corrected chi connectivity index (χ2v) is 6.82. The number of H-pyrrole nitrogens is 1. The minimum atomic E-state index is 0.153. The van der Waals surface area contributed by atoms with E-state index in [1.165, 1.54) is 16.5 Å². The number of nitrogens with one attached hydrogen (secondary N) is 2. The number of fused-ring (bicyclic) bond motifs is 1. The quantitative estimate of drug-likeness (QED) is 0.732. The Labute approximate surface area is 142 Å². The predicted molar refractivity (Wildman–Crippen MR) is 96.9 cm³/mol. The van der Waals surface area contributed by atoms with Crippen LogP contribution in [0.1, 0.15) is 30.4 Å². The number of rotatable bonds is 5. The number of hydrogen-bond acceptors (Lipinski definition) is 1. The molecule has 2 N–H and O–H groups in total. The molecule has 3 nitrogen and oxygen atoms in total. The molecule has 24 heavy (non-hydrogen) atoms. The van der Waals surface area contributed by atoms with Crippen molar-refractivity contribution in [3.63, 3.8) is 0 Å². The first-order valence-electron chi connectivity index (χ1n) is 8.62. The van der Waals surface area contributed by atoms with Crippen LogP contribution in [0, 0.1) is 11.8 Å². The van der Waals surface area contributed by atoms with Crippen molar-refractivity contribution >= 4 is 16.8 Å². The Bertz CT molecular complexity index is 852. The summed E-state index contributed by atoms with van der Waals surface area (Å²) in [5.41, 5.74) is 3.60. The molecular weight excluding hydrogens is 296 g/mol. The van der Waals surface area contributed by atoms with Crippen LogP contribution in [0.5, 0.6) is 0 Å². The zero-order chi connectivity index (χ0) is 16.5. The summed E-state index contributed by atoms with van der Waals surface area (Å²) in [6.07, 6.45) is 3.10. The van der Waals surface area contributed by atoms with E-state index in [-0.39, 0.29) is 17.7 Å². The van der Waals surface area contributed by atoms with Crippen molar-refractivity contribution in [1.29, 1.82) is 0 Å². The summed E-state index contributed by atoms with van der Waals surface area (Å²) in [5.74, 6) is 1.10. The molecule has 1 amide bonds. The van der Waals surface area contributed by atoms with Gasteiger partial charge in [-0.05, 0) is 29.5 Å². The highest BCUT2D eigenvalue weighted by Crippen LogP contribution is 2.38. The number of carbonyl (C=O) groups is 1. The number of benzene rings is 2. The summed E-state index contributed by atoms with van der Waals surface area (Å²) in [6.45, 7) is 2.77. The van der Waals surface area contributed by atoms with Gasteiger partial charge in [0.1, 0.15) is 0 Å². The highest BCUT2D eigenvalue weighted by Gasteiger charge is 2.39. The Balaban J connectivity index is 1.64. The summed E-state index contributed by atoms with van der Waals surface area (Å²) < 4.78 is 0. The lowest BCUT2D eigenvalue weighted by atomic mass is 9.91. The maximum Gasteiger partial charge on any atom is 0.223 e. The average Bonchev–Trinajstić information content (AvgIpc) is 3.21. The van der Waals surface area contributed by atoms with Gasteiger partial charge in [0.15, 0.2) is 0 Å². The van der Waals surface area contributed by atoms with Crippen LogP contribution in [0.4, 0.5) is 0 Å². The van der Waals surface area contributed by atoms with E-state index in [9.17, 15) is 4.79 Å². The summed E-state index contributed by atoms with van der Waals surface area (Å²) in [5, 5.41) is 4.40. The zero-order valence-electron chi connectivity index (χ0n) is 13.8. The molecule has 1 aliphatic carbocycles. The largest absolute Gasteiger partial charge is 0.361 e. The van der Waals surface area contributed by atoms with Gasteiger partial charge < -0.3 is 10.3 Å². The van der Waals surface area contributed by atoms with Crippen molar-refractivity contribution in [2.24, 2.45) is 11.8 Å². The van der Waals surface area contributed by atoms with Crippen LogP contribution in [0.25, 0.3) is 10.9 Å². The fourth-order valence-corrected chi connectivity index (χ4v) is 3.50. The molecule has 0 saturated heterocycles. The van der Waals surface area contributed by atoms with E-state index in [0.29, 0.717) is 12.5 Å². The van der Waals surface area contributed by atoms with E-state index < -0.39 is 0 Å². The van der Waals surface area contributed by atoms with Crippen LogP contribution in [0.15, 0.2) is 60.8 Å². The first-order chi connectivity index (χ1) is 11.7. The monoisotopic (exact) mass is 318 g/mol. The Morgan fingerprint density at radius 1 is 1.17 bits per heavy atom. The Kier molecular flexibility index (Phi) is 3.85. The number of amides is 1.